The zero-order valence-corrected chi connectivity index (χ0v) is 19.0. The molecule has 2 rings (SSSR count). The summed E-state index contributed by atoms with van der Waals surface area (Å²) in [6.07, 6.45) is 0. The monoisotopic (exact) mass is 450 g/mol. The highest BCUT2D eigenvalue weighted by molar-refractivity contribution is 8.75. The van der Waals surface area contributed by atoms with Crippen molar-refractivity contribution in [3.8, 4) is 0 Å². The van der Waals surface area contributed by atoms with Gasteiger partial charge in [-0.1, -0.05) is 48.9 Å². The molecule has 0 amide bonds. The molecule has 140 valence electrons. The minimum atomic E-state index is -0.398. The van der Waals surface area contributed by atoms with Crippen LogP contribution in [0.1, 0.15) is 13.8 Å². The lowest BCUT2D eigenvalue weighted by atomic mass is 10.4. The first kappa shape index (κ1) is 22.2. The predicted molar refractivity (Wildman–Crippen MR) is 125 cm³/mol. The summed E-state index contributed by atoms with van der Waals surface area (Å²) in [4.78, 5) is 15.8. The molecule has 0 aliphatic carbocycles. The van der Waals surface area contributed by atoms with Crippen molar-refractivity contribution in [2.24, 2.45) is 0 Å². The summed E-state index contributed by atoms with van der Waals surface area (Å²) in [5, 5.41) is 0. The van der Waals surface area contributed by atoms with Gasteiger partial charge in [-0.2, -0.15) is 0 Å². The van der Waals surface area contributed by atoms with E-state index in [1.165, 1.54) is 10.8 Å². The van der Waals surface area contributed by atoms with Crippen LogP contribution in [0.3, 0.4) is 0 Å². The highest BCUT2D eigenvalue weighted by atomic mass is 33.1. The maximum Gasteiger partial charge on any atom is 0.345 e. The Kier molecular flexibility index (Phi) is 9.05. The van der Waals surface area contributed by atoms with Crippen LogP contribution in [0.4, 0.5) is 0 Å². The molecular weight excluding hydrogens is 433 g/mol. The number of hydrogen-bond acceptors (Lipinski definition) is 7. The Morgan fingerprint density at radius 2 is 1.33 bits per heavy atom. The van der Waals surface area contributed by atoms with E-state index >= 15 is 0 Å². The number of carbonyl (C=O) groups is 1. The van der Waals surface area contributed by atoms with Gasteiger partial charge >= 0.3 is 5.97 Å². The third kappa shape index (κ3) is 7.79. The van der Waals surface area contributed by atoms with Crippen LogP contribution >= 0.6 is 57.6 Å². The fourth-order valence-electron chi connectivity index (χ4n) is 1.63. The van der Waals surface area contributed by atoms with Crippen LogP contribution < -0.4 is 0 Å². The highest BCUT2D eigenvalue weighted by Gasteiger charge is 2.06. The van der Waals surface area contributed by atoms with E-state index < -0.39 is 5.97 Å². The molecular formula is C20H18O2S5. The van der Waals surface area contributed by atoms with Crippen molar-refractivity contribution >= 4 is 67.8 Å². The van der Waals surface area contributed by atoms with E-state index in [2.05, 4.69) is 37.4 Å². The molecule has 0 bridgehead atoms. The maximum atomic E-state index is 11.3. The quantitative estimate of drug-likeness (QED) is 0.134. The van der Waals surface area contributed by atoms with Crippen molar-refractivity contribution < 1.29 is 8.98 Å². The zero-order valence-electron chi connectivity index (χ0n) is 14.9. The van der Waals surface area contributed by atoms with Crippen LogP contribution in [0, 0.1) is 0 Å². The van der Waals surface area contributed by atoms with Gasteiger partial charge in [-0.3, -0.25) is 0 Å². The Morgan fingerprint density at radius 3 is 1.81 bits per heavy atom. The molecule has 27 heavy (non-hydrogen) atoms. The molecule has 0 aromatic heterocycles. The fraction of sp³-hybridized carbons (Fsp3) is 0.100. The Hall–Kier alpha value is -1.12. The number of carbonyl (C=O) groups excluding carboxylic acids is 1. The molecule has 0 radical (unpaired) electrons. The molecule has 0 atom stereocenters. The van der Waals surface area contributed by atoms with E-state index in [-0.39, 0.29) is 0 Å². The van der Waals surface area contributed by atoms with E-state index in [9.17, 15) is 4.79 Å². The molecule has 0 N–H and O–H groups in total. The van der Waals surface area contributed by atoms with Crippen LogP contribution in [0.25, 0.3) is 0 Å². The summed E-state index contributed by atoms with van der Waals surface area (Å²) in [5.41, 5.74) is 1.31. The molecule has 0 aliphatic rings. The van der Waals surface area contributed by atoms with E-state index in [0.29, 0.717) is 5.57 Å². The number of hydrogen-bond donors (Lipinski definition) is 0. The van der Waals surface area contributed by atoms with Crippen molar-refractivity contribution in [3.63, 3.8) is 0 Å². The summed E-state index contributed by atoms with van der Waals surface area (Å²) in [7, 11) is 1.39. The predicted octanol–water partition coefficient (Wildman–Crippen LogP) is 7.61. The lowest BCUT2D eigenvalue weighted by Gasteiger charge is -2.06. The largest absolute Gasteiger partial charge is 0.376 e. The van der Waals surface area contributed by atoms with Crippen LogP contribution in [-0.2, 0) is 8.98 Å². The molecule has 7 heteroatoms. The average Bonchev–Trinajstić information content (AvgIpc) is 2.64. The van der Waals surface area contributed by atoms with E-state index in [1.54, 1.807) is 30.4 Å². The smallest absolute Gasteiger partial charge is 0.345 e. The number of benzene rings is 2. The van der Waals surface area contributed by atoms with Crippen LogP contribution in [0.5, 0.6) is 0 Å². The number of rotatable bonds is 8. The van der Waals surface area contributed by atoms with Crippen molar-refractivity contribution in [1.82, 2.24) is 0 Å². The van der Waals surface area contributed by atoms with Crippen LogP contribution in [-0.4, -0.2) is 10.2 Å². The number of thiocarbonyl (C=S) groups is 1. The first-order chi connectivity index (χ1) is 12.8. The van der Waals surface area contributed by atoms with Gasteiger partial charge in [-0.15, -0.1) is 0 Å². The van der Waals surface area contributed by atoms with Crippen LogP contribution in [0.2, 0.25) is 0 Å². The standard InChI is InChI=1S/C20H18O2S5/c1-13(2)19(21)22-27-26-18-11-9-16(10-12-18)24-15-5-7-17(8-6-15)25-20(23)14(3)4/h5-12H,1,3H2,2,4H3. The molecule has 2 nitrogen and oxygen atoms in total. The van der Waals surface area contributed by atoms with E-state index in [0.717, 1.165) is 40.4 Å². The SMILES string of the molecule is C=C(C)C(=O)OSSc1ccc(Sc2ccc(SC(=S)C(=C)C)cc2)cc1. The Bertz CT molecular complexity index is 842. The first-order valence-electron chi connectivity index (χ1n) is 7.82. The summed E-state index contributed by atoms with van der Waals surface area (Å²) >= 11 is 9.58. The van der Waals surface area contributed by atoms with Crippen molar-refractivity contribution in [2.45, 2.75) is 33.4 Å². The molecule has 0 spiro atoms. The normalized spacial score (nSPS) is 10.3. The Labute approximate surface area is 182 Å². The second-order valence-corrected chi connectivity index (χ2v) is 10.3. The molecule has 0 saturated carbocycles. The van der Waals surface area contributed by atoms with Gasteiger partial charge < -0.3 is 4.18 Å². The van der Waals surface area contributed by atoms with Crippen molar-refractivity contribution in [3.05, 3.63) is 72.8 Å². The molecule has 0 unspecified atom stereocenters. The van der Waals surface area contributed by atoms with Gasteiger partial charge in [0.1, 0.15) is 11.1 Å². The van der Waals surface area contributed by atoms with Gasteiger partial charge in [0.15, 0.2) is 0 Å². The first-order valence-corrected chi connectivity index (χ1v) is 11.9. The minimum absolute atomic E-state index is 0.390. The van der Waals surface area contributed by atoms with Gasteiger partial charge in [-0.05, 0) is 78.7 Å². The lowest BCUT2D eigenvalue weighted by Crippen LogP contribution is -1.97. The maximum absolute atomic E-state index is 11.3. The summed E-state index contributed by atoms with van der Waals surface area (Å²) < 4.78 is 5.82. The molecule has 0 saturated heterocycles. The van der Waals surface area contributed by atoms with Crippen molar-refractivity contribution in [1.29, 1.82) is 0 Å². The molecule has 0 fully saturated rings. The second-order valence-electron chi connectivity index (χ2n) is 5.52. The summed E-state index contributed by atoms with van der Waals surface area (Å²) in [6, 6.07) is 16.4. The molecule has 2 aromatic carbocycles. The molecule has 2 aromatic rings. The van der Waals surface area contributed by atoms with Crippen LogP contribution in [0.15, 0.2) is 92.4 Å². The van der Waals surface area contributed by atoms with Gasteiger partial charge in [0.05, 0.1) is 4.20 Å². The van der Waals surface area contributed by atoms with Gasteiger partial charge in [0.25, 0.3) is 0 Å². The van der Waals surface area contributed by atoms with Crippen molar-refractivity contribution in [2.75, 3.05) is 0 Å². The average molecular weight is 451 g/mol. The van der Waals surface area contributed by atoms with Gasteiger partial charge in [0.2, 0.25) is 0 Å². The summed E-state index contributed by atoms with van der Waals surface area (Å²) in [6.45, 7) is 11.0. The zero-order chi connectivity index (χ0) is 19.8. The lowest BCUT2D eigenvalue weighted by molar-refractivity contribution is -0.128. The fourth-order valence-corrected chi connectivity index (χ4v) is 4.81. The highest BCUT2D eigenvalue weighted by Crippen LogP contribution is 2.35. The summed E-state index contributed by atoms with van der Waals surface area (Å²) in [5.74, 6) is -0.398. The second kappa shape index (κ2) is 11.0. The number of thioether (sulfide) groups is 1. The van der Waals surface area contributed by atoms with Gasteiger partial charge in [0, 0.05) is 25.2 Å². The third-order valence-electron chi connectivity index (χ3n) is 3.03. The van der Waals surface area contributed by atoms with Gasteiger partial charge in [-0.25, -0.2) is 4.79 Å². The van der Waals surface area contributed by atoms with E-state index in [1.807, 2.05) is 31.2 Å². The Morgan fingerprint density at radius 1 is 0.852 bits per heavy atom. The third-order valence-corrected chi connectivity index (χ3v) is 7.42. The molecule has 0 aliphatic heterocycles. The topological polar surface area (TPSA) is 26.3 Å². The van der Waals surface area contributed by atoms with E-state index in [4.69, 9.17) is 16.4 Å². The minimum Gasteiger partial charge on any atom is -0.376 e. The molecule has 0 heterocycles. The Balaban J connectivity index is 1.87.